The monoisotopic (exact) mass is 316 g/mol. The van der Waals surface area contributed by atoms with Crippen molar-refractivity contribution in [3.8, 4) is 11.1 Å². The highest BCUT2D eigenvalue weighted by atomic mass is 19.4. The third kappa shape index (κ3) is 3.09. The number of hydrogen-bond donors (Lipinski definition) is 2. The number of halogens is 3. The normalized spacial score (nSPS) is 11.7. The van der Waals surface area contributed by atoms with E-state index in [0.717, 1.165) is 22.9 Å². The van der Waals surface area contributed by atoms with Gasteiger partial charge >= 0.3 is 13.3 Å². The maximum atomic E-state index is 13.1. The van der Waals surface area contributed by atoms with Gasteiger partial charge in [0, 0.05) is 0 Å². The van der Waals surface area contributed by atoms with E-state index >= 15 is 0 Å². The molecule has 0 fully saturated rings. The van der Waals surface area contributed by atoms with Crippen molar-refractivity contribution < 1.29 is 23.2 Å². The summed E-state index contributed by atoms with van der Waals surface area (Å²) in [6.07, 6.45) is -4.57. The Balaban J connectivity index is 2.28. The Morgan fingerprint density at radius 1 is 0.826 bits per heavy atom. The minimum atomic E-state index is -4.57. The average Bonchev–Trinajstić information content (AvgIpc) is 2.53. The van der Waals surface area contributed by atoms with E-state index < -0.39 is 18.9 Å². The van der Waals surface area contributed by atoms with Crippen LogP contribution in [-0.2, 0) is 6.18 Å². The molecular formula is C17H12BF3O2. The standard InChI is InChI=1S/C17H12BF3O2/c19-17(20,21)13-8-12(9-14(10-13)18(22)23)16-7-3-5-11-4-1-2-6-15(11)16/h1-10,22-23H. The molecular weight excluding hydrogens is 304 g/mol. The van der Waals surface area contributed by atoms with Crippen LogP contribution < -0.4 is 5.46 Å². The molecule has 0 aliphatic carbocycles. The summed E-state index contributed by atoms with van der Waals surface area (Å²) >= 11 is 0. The van der Waals surface area contributed by atoms with Crippen LogP contribution in [0.5, 0.6) is 0 Å². The first-order valence-electron chi connectivity index (χ1n) is 6.93. The van der Waals surface area contributed by atoms with Crippen molar-refractivity contribution in [1.82, 2.24) is 0 Å². The third-order valence-electron chi connectivity index (χ3n) is 3.68. The molecule has 0 unspecified atom stereocenters. The Morgan fingerprint density at radius 2 is 1.52 bits per heavy atom. The zero-order valence-electron chi connectivity index (χ0n) is 11.9. The lowest BCUT2D eigenvalue weighted by molar-refractivity contribution is -0.137. The van der Waals surface area contributed by atoms with Crippen LogP contribution >= 0.6 is 0 Å². The summed E-state index contributed by atoms with van der Waals surface area (Å²) in [6.45, 7) is 0. The number of rotatable bonds is 2. The minimum Gasteiger partial charge on any atom is -0.423 e. The summed E-state index contributed by atoms with van der Waals surface area (Å²) in [6, 6.07) is 15.8. The van der Waals surface area contributed by atoms with Crippen molar-refractivity contribution >= 4 is 23.4 Å². The molecule has 3 aromatic carbocycles. The first-order valence-corrected chi connectivity index (χ1v) is 6.93. The number of hydrogen-bond acceptors (Lipinski definition) is 2. The van der Waals surface area contributed by atoms with Gasteiger partial charge in [0.25, 0.3) is 0 Å². The predicted octanol–water partition coefficient (Wildman–Crippen LogP) is 3.21. The van der Waals surface area contributed by atoms with Crippen LogP contribution in [0.25, 0.3) is 21.9 Å². The van der Waals surface area contributed by atoms with Crippen molar-refractivity contribution in [2.75, 3.05) is 0 Å². The average molecular weight is 316 g/mol. The van der Waals surface area contributed by atoms with Crippen molar-refractivity contribution in [2.45, 2.75) is 6.18 Å². The topological polar surface area (TPSA) is 40.5 Å². The quantitative estimate of drug-likeness (QED) is 0.713. The fourth-order valence-corrected chi connectivity index (χ4v) is 2.60. The van der Waals surface area contributed by atoms with Gasteiger partial charge in [0.05, 0.1) is 5.56 Å². The molecule has 3 aromatic rings. The van der Waals surface area contributed by atoms with E-state index in [1.54, 1.807) is 18.2 Å². The summed E-state index contributed by atoms with van der Waals surface area (Å²) in [5.41, 5.74) is -0.204. The van der Waals surface area contributed by atoms with Crippen LogP contribution in [0.4, 0.5) is 13.2 Å². The molecule has 0 atom stereocenters. The van der Waals surface area contributed by atoms with Crippen molar-refractivity contribution in [1.29, 1.82) is 0 Å². The lowest BCUT2D eigenvalue weighted by Gasteiger charge is -2.13. The molecule has 6 heteroatoms. The Bertz CT molecular complexity index is 855. The summed E-state index contributed by atoms with van der Waals surface area (Å²) in [5.74, 6) is 0. The molecule has 0 spiro atoms. The zero-order valence-corrected chi connectivity index (χ0v) is 11.9. The van der Waals surface area contributed by atoms with E-state index in [0.29, 0.717) is 11.1 Å². The highest BCUT2D eigenvalue weighted by molar-refractivity contribution is 6.58. The Kier molecular flexibility index (Phi) is 3.87. The van der Waals surface area contributed by atoms with E-state index in [1.807, 2.05) is 24.3 Å². The van der Waals surface area contributed by atoms with Gasteiger partial charge in [-0.2, -0.15) is 13.2 Å². The van der Waals surface area contributed by atoms with Crippen LogP contribution in [0, 0.1) is 0 Å². The second-order valence-corrected chi connectivity index (χ2v) is 5.24. The van der Waals surface area contributed by atoms with Gasteiger partial charge in [0.1, 0.15) is 0 Å². The fourth-order valence-electron chi connectivity index (χ4n) is 2.60. The van der Waals surface area contributed by atoms with E-state index in [9.17, 15) is 23.2 Å². The van der Waals surface area contributed by atoms with Gasteiger partial charge in [-0.15, -0.1) is 0 Å². The summed E-state index contributed by atoms with van der Waals surface area (Å²) < 4.78 is 39.2. The molecule has 0 heterocycles. The predicted molar refractivity (Wildman–Crippen MR) is 84.2 cm³/mol. The first kappa shape index (κ1) is 15.6. The SMILES string of the molecule is OB(O)c1cc(-c2cccc3ccccc23)cc(C(F)(F)F)c1. The van der Waals surface area contributed by atoms with Gasteiger partial charge in [0.2, 0.25) is 0 Å². The van der Waals surface area contributed by atoms with Gasteiger partial charge in [-0.05, 0) is 33.4 Å². The highest BCUT2D eigenvalue weighted by Gasteiger charge is 2.32. The second kappa shape index (κ2) is 5.72. The molecule has 0 aliphatic heterocycles. The maximum Gasteiger partial charge on any atom is 0.488 e. The van der Waals surface area contributed by atoms with Gasteiger partial charge < -0.3 is 10.0 Å². The van der Waals surface area contributed by atoms with E-state index in [4.69, 9.17) is 0 Å². The molecule has 0 amide bonds. The lowest BCUT2D eigenvalue weighted by atomic mass is 9.77. The molecule has 116 valence electrons. The molecule has 0 aliphatic rings. The number of benzene rings is 3. The van der Waals surface area contributed by atoms with Crippen LogP contribution in [0.2, 0.25) is 0 Å². The molecule has 0 bridgehead atoms. The summed E-state index contributed by atoms with van der Waals surface area (Å²) in [7, 11) is -1.97. The van der Waals surface area contributed by atoms with Crippen LogP contribution in [0.3, 0.4) is 0 Å². The van der Waals surface area contributed by atoms with Gasteiger partial charge in [-0.1, -0.05) is 54.6 Å². The molecule has 0 aromatic heterocycles. The molecule has 2 N–H and O–H groups in total. The number of fused-ring (bicyclic) bond motifs is 1. The lowest BCUT2D eigenvalue weighted by Crippen LogP contribution is -2.31. The molecule has 23 heavy (non-hydrogen) atoms. The maximum absolute atomic E-state index is 13.1. The molecule has 0 saturated carbocycles. The van der Waals surface area contributed by atoms with Gasteiger partial charge in [-0.25, -0.2) is 0 Å². The van der Waals surface area contributed by atoms with Crippen LogP contribution in [-0.4, -0.2) is 17.2 Å². The largest absolute Gasteiger partial charge is 0.488 e. The van der Waals surface area contributed by atoms with Crippen LogP contribution in [0.15, 0.2) is 60.7 Å². The van der Waals surface area contributed by atoms with E-state index in [1.165, 1.54) is 6.07 Å². The highest BCUT2D eigenvalue weighted by Crippen LogP contribution is 2.34. The summed E-state index contributed by atoms with van der Waals surface area (Å²) in [5, 5.41) is 20.3. The van der Waals surface area contributed by atoms with Crippen LogP contribution in [0.1, 0.15) is 5.56 Å². The first-order chi connectivity index (χ1) is 10.9. The zero-order chi connectivity index (χ0) is 16.6. The fraction of sp³-hybridized carbons (Fsp3) is 0.0588. The number of alkyl halides is 3. The second-order valence-electron chi connectivity index (χ2n) is 5.24. The molecule has 2 nitrogen and oxygen atoms in total. The molecule has 0 radical (unpaired) electrons. The Hall–Kier alpha value is -2.31. The third-order valence-corrected chi connectivity index (χ3v) is 3.68. The molecule has 0 saturated heterocycles. The Morgan fingerprint density at radius 3 is 2.22 bits per heavy atom. The van der Waals surface area contributed by atoms with Crippen molar-refractivity contribution in [2.24, 2.45) is 0 Å². The van der Waals surface area contributed by atoms with Gasteiger partial charge in [-0.3, -0.25) is 0 Å². The van der Waals surface area contributed by atoms with E-state index in [-0.39, 0.29) is 5.46 Å². The van der Waals surface area contributed by atoms with Crippen molar-refractivity contribution in [3.05, 3.63) is 66.2 Å². The summed E-state index contributed by atoms with van der Waals surface area (Å²) in [4.78, 5) is 0. The van der Waals surface area contributed by atoms with Crippen molar-refractivity contribution in [3.63, 3.8) is 0 Å². The Labute approximate surface area is 131 Å². The smallest absolute Gasteiger partial charge is 0.423 e. The molecule has 3 rings (SSSR count). The minimum absolute atomic E-state index is 0.192. The van der Waals surface area contributed by atoms with Gasteiger partial charge in [0.15, 0.2) is 0 Å². The van der Waals surface area contributed by atoms with E-state index in [2.05, 4.69) is 0 Å².